The Balaban J connectivity index is 1.46. The monoisotopic (exact) mass is 668 g/mol. The van der Waals surface area contributed by atoms with Gasteiger partial charge in [0.1, 0.15) is 5.82 Å². The SMILES string of the molecule is Cc1noc(NS(=O)(=O)c2ccccc2-c2ccc(Cn3c(C)nc4cccc(C(=O)N(C)C)c43)cc2CN2CCC(C)(C)C2=O)c1C. The van der Waals surface area contributed by atoms with Crippen molar-refractivity contribution in [2.45, 2.75) is 59.0 Å². The van der Waals surface area contributed by atoms with Crippen LogP contribution in [0.4, 0.5) is 5.88 Å². The van der Waals surface area contributed by atoms with E-state index in [2.05, 4.69) is 9.88 Å². The van der Waals surface area contributed by atoms with Crippen LogP contribution in [0.15, 0.2) is 70.1 Å². The fourth-order valence-corrected chi connectivity index (χ4v) is 7.52. The van der Waals surface area contributed by atoms with Gasteiger partial charge in [-0.2, -0.15) is 0 Å². The van der Waals surface area contributed by atoms with Crippen LogP contribution in [0.2, 0.25) is 0 Å². The zero-order chi connectivity index (χ0) is 34.5. The summed E-state index contributed by atoms with van der Waals surface area (Å²) in [6.07, 6.45) is 0.731. The first-order valence-electron chi connectivity index (χ1n) is 15.8. The summed E-state index contributed by atoms with van der Waals surface area (Å²) in [4.78, 5) is 34.7. The lowest BCUT2D eigenvalue weighted by Gasteiger charge is -2.23. The highest BCUT2D eigenvalue weighted by molar-refractivity contribution is 7.92. The highest BCUT2D eigenvalue weighted by Crippen LogP contribution is 2.36. The van der Waals surface area contributed by atoms with E-state index in [-0.39, 0.29) is 22.6 Å². The average molecular weight is 669 g/mol. The molecular formula is C36H40N6O5S. The minimum atomic E-state index is -4.09. The van der Waals surface area contributed by atoms with Gasteiger partial charge in [-0.05, 0) is 62.1 Å². The van der Waals surface area contributed by atoms with Gasteiger partial charge in [-0.3, -0.25) is 9.59 Å². The van der Waals surface area contributed by atoms with Crippen molar-refractivity contribution in [2.75, 3.05) is 25.4 Å². The van der Waals surface area contributed by atoms with E-state index in [9.17, 15) is 18.0 Å². The van der Waals surface area contributed by atoms with Crippen LogP contribution in [0.3, 0.4) is 0 Å². The highest BCUT2D eigenvalue weighted by Gasteiger charge is 2.38. The number of hydrogen-bond acceptors (Lipinski definition) is 7. The number of imidazole rings is 1. The topological polar surface area (TPSA) is 131 Å². The Bertz CT molecular complexity index is 2180. The smallest absolute Gasteiger partial charge is 0.264 e. The minimum absolute atomic E-state index is 0.0564. The van der Waals surface area contributed by atoms with Crippen LogP contribution in [0.1, 0.15) is 58.8 Å². The van der Waals surface area contributed by atoms with Gasteiger partial charge in [0.05, 0.1) is 27.2 Å². The van der Waals surface area contributed by atoms with E-state index in [1.54, 1.807) is 57.1 Å². The molecule has 1 fully saturated rings. The Hall–Kier alpha value is -4.97. The van der Waals surface area contributed by atoms with Crippen molar-refractivity contribution in [2.24, 2.45) is 5.41 Å². The number of amides is 2. The second-order valence-corrected chi connectivity index (χ2v) is 14.9. The molecule has 1 aliphatic heterocycles. The standard InChI is InChI=1S/C36H40N6O5S/c1-22-23(2)38-47-33(22)39-48(45,46)31-14-9-8-11-28(31)27-16-15-25(19-26(27)21-41-18-17-36(4,5)35(41)44)20-42-24(3)37-30-13-10-12-29(32(30)42)34(43)40(6)7/h8-16,19,39H,17-18,20-21H2,1-7H3. The van der Waals surface area contributed by atoms with Crippen LogP contribution < -0.4 is 4.72 Å². The van der Waals surface area contributed by atoms with Gasteiger partial charge in [-0.25, -0.2) is 18.1 Å². The first kappa shape index (κ1) is 33.0. The Labute approximate surface area is 280 Å². The first-order valence-corrected chi connectivity index (χ1v) is 17.3. The third-order valence-electron chi connectivity index (χ3n) is 9.19. The van der Waals surface area contributed by atoms with Crippen LogP contribution in [-0.4, -0.2) is 65.4 Å². The summed E-state index contributed by atoms with van der Waals surface area (Å²) in [6, 6.07) is 18.2. The number of carbonyl (C=O) groups excluding carboxylic acids is 2. The summed E-state index contributed by atoms with van der Waals surface area (Å²) in [5.74, 6) is 0.764. The summed E-state index contributed by atoms with van der Waals surface area (Å²) in [7, 11) is -0.640. The van der Waals surface area contributed by atoms with Crippen molar-refractivity contribution in [3.63, 3.8) is 0 Å². The normalized spacial score (nSPS) is 14.6. The van der Waals surface area contributed by atoms with Crippen LogP contribution in [0.5, 0.6) is 0 Å². The number of likely N-dealkylation sites (tertiary alicyclic amines) is 1. The molecule has 0 aliphatic carbocycles. The largest absolute Gasteiger partial charge is 0.345 e. The maximum absolute atomic E-state index is 13.8. The molecule has 3 aromatic carbocycles. The van der Waals surface area contributed by atoms with E-state index in [0.717, 1.165) is 34.4 Å². The molecule has 11 nitrogen and oxygen atoms in total. The lowest BCUT2D eigenvalue weighted by atomic mass is 9.92. The Morgan fingerprint density at radius 2 is 1.75 bits per heavy atom. The number of aromatic nitrogens is 3. The first-order chi connectivity index (χ1) is 22.7. The van der Waals surface area contributed by atoms with E-state index in [1.807, 2.05) is 66.6 Å². The quantitative estimate of drug-likeness (QED) is 0.206. The minimum Gasteiger partial charge on any atom is -0.345 e. The van der Waals surface area contributed by atoms with E-state index in [4.69, 9.17) is 9.51 Å². The lowest BCUT2D eigenvalue weighted by Crippen LogP contribution is -2.30. The summed E-state index contributed by atoms with van der Waals surface area (Å²) in [5.41, 5.74) is 5.67. The summed E-state index contributed by atoms with van der Waals surface area (Å²) in [6.45, 7) is 10.6. The van der Waals surface area contributed by atoms with Crippen LogP contribution in [0, 0.1) is 26.2 Å². The van der Waals surface area contributed by atoms with Crippen molar-refractivity contribution < 1.29 is 22.5 Å². The molecule has 3 heterocycles. The maximum atomic E-state index is 13.8. The van der Waals surface area contributed by atoms with Crippen molar-refractivity contribution in [3.05, 3.63) is 94.4 Å². The zero-order valence-corrected chi connectivity index (χ0v) is 29.1. The van der Waals surface area contributed by atoms with E-state index >= 15 is 0 Å². The number of nitrogens with one attached hydrogen (secondary N) is 1. The van der Waals surface area contributed by atoms with Gasteiger partial charge in [-0.15, -0.1) is 0 Å². The molecule has 0 saturated carbocycles. The molecule has 48 heavy (non-hydrogen) atoms. The van der Waals surface area contributed by atoms with Crippen molar-refractivity contribution in [1.29, 1.82) is 0 Å². The number of anilines is 1. The Morgan fingerprint density at radius 1 is 1.00 bits per heavy atom. The van der Waals surface area contributed by atoms with Crippen molar-refractivity contribution >= 4 is 38.8 Å². The van der Waals surface area contributed by atoms with Gasteiger partial charge in [0.2, 0.25) is 11.8 Å². The number of nitrogens with zero attached hydrogens (tertiary/aromatic N) is 5. The molecule has 2 amide bonds. The number of sulfonamides is 1. The highest BCUT2D eigenvalue weighted by atomic mass is 32.2. The Morgan fingerprint density at radius 3 is 2.42 bits per heavy atom. The molecule has 5 aromatic rings. The zero-order valence-electron chi connectivity index (χ0n) is 28.3. The molecular weight excluding hydrogens is 629 g/mol. The number of carbonyl (C=O) groups is 2. The molecule has 1 N–H and O–H groups in total. The van der Waals surface area contributed by atoms with Gasteiger partial charge in [-0.1, -0.05) is 61.5 Å². The average Bonchev–Trinajstić information content (AvgIpc) is 3.63. The molecule has 0 unspecified atom stereocenters. The van der Waals surface area contributed by atoms with Gasteiger partial charge in [0, 0.05) is 50.3 Å². The van der Waals surface area contributed by atoms with E-state index in [1.165, 1.54) is 0 Å². The van der Waals surface area contributed by atoms with Crippen LogP contribution >= 0.6 is 0 Å². The third-order valence-corrected chi connectivity index (χ3v) is 10.6. The van der Waals surface area contributed by atoms with Gasteiger partial charge < -0.3 is 18.9 Å². The number of fused-ring (bicyclic) bond motifs is 1. The van der Waals surface area contributed by atoms with Crippen molar-refractivity contribution in [1.82, 2.24) is 24.5 Å². The summed E-state index contributed by atoms with van der Waals surface area (Å²) >= 11 is 0. The van der Waals surface area contributed by atoms with Crippen LogP contribution in [0.25, 0.3) is 22.2 Å². The second-order valence-electron chi connectivity index (χ2n) is 13.3. The lowest BCUT2D eigenvalue weighted by molar-refractivity contribution is -0.135. The number of rotatable bonds is 9. The van der Waals surface area contributed by atoms with Crippen LogP contribution in [-0.2, 0) is 27.9 Å². The third kappa shape index (κ3) is 5.96. The second kappa shape index (κ2) is 12.2. The summed E-state index contributed by atoms with van der Waals surface area (Å²) < 4.78 is 37.5. The fraction of sp³-hybridized carbons (Fsp3) is 0.333. The molecule has 1 aliphatic rings. The molecule has 0 bridgehead atoms. The Kier molecular flexibility index (Phi) is 8.40. The molecule has 1 saturated heterocycles. The predicted molar refractivity (Wildman–Crippen MR) is 184 cm³/mol. The molecule has 0 spiro atoms. The number of hydrogen-bond donors (Lipinski definition) is 1. The molecule has 250 valence electrons. The fourth-order valence-electron chi connectivity index (χ4n) is 6.25. The molecule has 0 atom stereocenters. The number of para-hydroxylation sites is 1. The van der Waals surface area contributed by atoms with E-state index < -0.39 is 15.4 Å². The van der Waals surface area contributed by atoms with Gasteiger partial charge in [0.25, 0.3) is 15.9 Å². The van der Waals surface area contributed by atoms with E-state index in [0.29, 0.717) is 47.6 Å². The molecule has 6 rings (SSSR count). The molecule has 0 radical (unpaired) electrons. The van der Waals surface area contributed by atoms with Crippen molar-refractivity contribution in [3.8, 4) is 11.1 Å². The number of aryl methyl sites for hydroxylation is 2. The maximum Gasteiger partial charge on any atom is 0.264 e. The molecule has 2 aromatic heterocycles. The predicted octanol–water partition coefficient (Wildman–Crippen LogP) is 5.93. The van der Waals surface area contributed by atoms with Gasteiger partial charge >= 0.3 is 0 Å². The molecule has 12 heteroatoms. The summed E-state index contributed by atoms with van der Waals surface area (Å²) in [5, 5.41) is 3.89. The number of benzene rings is 3. The van der Waals surface area contributed by atoms with Gasteiger partial charge in [0.15, 0.2) is 0 Å².